The van der Waals surface area contributed by atoms with E-state index >= 15 is 0 Å². The molecule has 0 aliphatic heterocycles. The number of amides is 1. The van der Waals surface area contributed by atoms with Crippen LogP contribution in [0.3, 0.4) is 0 Å². The largest absolute Gasteiger partial charge is 0.376 e. The van der Waals surface area contributed by atoms with Crippen molar-refractivity contribution in [1.82, 2.24) is 0 Å². The number of hydrogen-bond acceptors (Lipinski definition) is 2. The van der Waals surface area contributed by atoms with E-state index in [2.05, 4.69) is 10.6 Å². The third kappa shape index (κ3) is 3.85. The molecule has 2 aromatic rings. The highest BCUT2D eigenvalue weighted by atomic mass is 19.1. The van der Waals surface area contributed by atoms with Crippen LogP contribution in [-0.2, 0) is 4.79 Å². The van der Waals surface area contributed by atoms with Crippen LogP contribution in [0.2, 0.25) is 0 Å². The van der Waals surface area contributed by atoms with E-state index in [1.54, 1.807) is 13.0 Å². The highest BCUT2D eigenvalue weighted by molar-refractivity contribution is 5.95. The van der Waals surface area contributed by atoms with Crippen molar-refractivity contribution in [2.45, 2.75) is 27.7 Å². The molecule has 116 valence electrons. The van der Waals surface area contributed by atoms with Crippen molar-refractivity contribution in [3.05, 3.63) is 58.4 Å². The van der Waals surface area contributed by atoms with Crippen molar-refractivity contribution in [1.29, 1.82) is 0 Å². The molecule has 0 fully saturated rings. The van der Waals surface area contributed by atoms with E-state index in [-0.39, 0.29) is 18.3 Å². The highest BCUT2D eigenvalue weighted by Gasteiger charge is 2.09. The number of hydrogen-bond donors (Lipinski definition) is 2. The molecule has 4 heteroatoms. The predicted octanol–water partition coefficient (Wildman–Crippen LogP) is 4.11. The zero-order valence-corrected chi connectivity index (χ0v) is 13.4. The van der Waals surface area contributed by atoms with Crippen LogP contribution in [0.1, 0.15) is 22.3 Å². The second-order valence-electron chi connectivity index (χ2n) is 5.63. The van der Waals surface area contributed by atoms with E-state index in [4.69, 9.17) is 0 Å². The minimum absolute atomic E-state index is 0.126. The SMILES string of the molecule is Cc1cc(C)c(NC(=O)CNc2ccc(F)cc2C)c(C)c1. The van der Waals surface area contributed by atoms with Gasteiger partial charge in [-0.1, -0.05) is 17.7 Å². The molecule has 1 amide bonds. The summed E-state index contributed by atoms with van der Waals surface area (Å²) in [5.74, 6) is -0.405. The zero-order chi connectivity index (χ0) is 16.3. The van der Waals surface area contributed by atoms with Crippen molar-refractivity contribution in [3.63, 3.8) is 0 Å². The molecule has 0 aromatic heterocycles. The van der Waals surface area contributed by atoms with Gasteiger partial charge in [0.15, 0.2) is 0 Å². The van der Waals surface area contributed by atoms with Crippen LogP contribution >= 0.6 is 0 Å². The van der Waals surface area contributed by atoms with Gasteiger partial charge in [0.05, 0.1) is 6.54 Å². The fraction of sp³-hybridized carbons (Fsp3) is 0.278. The van der Waals surface area contributed by atoms with E-state index in [9.17, 15) is 9.18 Å². The second kappa shape index (κ2) is 6.60. The molecule has 0 saturated heterocycles. The van der Waals surface area contributed by atoms with E-state index in [1.165, 1.54) is 17.7 Å². The third-order valence-corrected chi connectivity index (χ3v) is 3.57. The van der Waals surface area contributed by atoms with Gasteiger partial charge in [0, 0.05) is 11.4 Å². The van der Waals surface area contributed by atoms with Crippen LogP contribution in [0.15, 0.2) is 30.3 Å². The Hall–Kier alpha value is -2.36. The number of benzene rings is 2. The lowest BCUT2D eigenvalue weighted by molar-refractivity contribution is -0.114. The normalized spacial score (nSPS) is 10.4. The van der Waals surface area contributed by atoms with Crippen molar-refractivity contribution >= 4 is 17.3 Å². The summed E-state index contributed by atoms with van der Waals surface area (Å²) >= 11 is 0. The molecule has 0 unspecified atom stereocenters. The number of rotatable bonds is 4. The van der Waals surface area contributed by atoms with Crippen molar-refractivity contribution < 1.29 is 9.18 Å². The third-order valence-electron chi connectivity index (χ3n) is 3.57. The summed E-state index contributed by atoms with van der Waals surface area (Å²) in [5, 5.41) is 5.96. The average Bonchev–Trinajstić information content (AvgIpc) is 2.42. The Balaban J connectivity index is 2.02. The summed E-state index contributed by atoms with van der Waals surface area (Å²) in [6.07, 6.45) is 0. The fourth-order valence-corrected chi connectivity index (χ4v) is 2.56. The van der Waals surface area contributed by atoms with Gasteiger partial charge in [0.2, 0.25) is 5.91 Å². The Bertz CT molecular complexity index is 687. The molecular formula is C18H21FN2O. The van der Waals surface area contributed by atoms with Crippen LogP contribution in [0.4, 0.5) is 15.8 Å². The first-order valence-corrected chi connectivity index (χ1v) is 7.24. The molecule has 0 radical (unpaired) electrons. The van der Waals surface area contributed by atoms with E-state index in [1.807, 2.05) is 32.9 Å². The van der Waals surface area contributed by atoms with Crippen LogP contribution in [0.5, 0.6) is 0 Å². The lowest BCUT2D eigenvalue weighted by atomic mass is 10.1. The summed E-state index contributed by atoms with van der Waals surface area (Å²) in [6.45, 7) is 7.93. The number of carbonyl (C=O) groups is 1. The van der Waals surface area contributed by atoms with Crippen molar-refractivity contribution in [2.75, 3.05) is 17.2 Å². The Morgan fingerprint density at radius 1 is 1.00 bits per heavy atom. The minimum atomic E-state index is -0.279. The highest BCUT2D eigenvalue weighted by Crippen LogP contribution is 2.22. The molecule has 0 heterocycles. The summed E-state index contributed by atoms with van der Waals surface area (Å²) in [6, 6.07) is 8.54. The Morgan fingerprint density at radius 3 is 2.23 bits per heavy atom. The molecule has 3 nitrogen and oxygen atoms in total. The van der Waals surface area contributed by atoms with Gasteiger partial charge < -0.3 is 10.6 Å². The fourth-order valence-electron chi connectivity index (χ4n) is 2.56. The number of carbonyl (C=O) groups excluding carboxylic acids is 1. The Kier molecular flexibility index (Phi) is 4.81. The van der Waals surface area contributed by atoms with Gasteiger partial charge in [-0.05, 0) is 62.6 Å². The van der Waals surface area contributed by atoms with Gasteiger partial charge in [-0.3, -0.25) is 4.79 Å². The van der Waals surface area contributed by atoms with E-state index < -0.39 is 0 Å². The van der Waals surface area contributed by atoms with Crippen LogP contribution < -0.4 is 10.6 Å². The van der Waals surface area contributed by atoms with Gasteiger partial charge in [0.25, 0.3) is 0 Å². The van der Waals surface area contributed by atoms with Crippen molar-refractivity contribution in [3.8, 4) is 0 Å². The molecule has 0 saturated carbocycles. The molecular weight excluding hydrogens is 279 g/mol. The summed E-state index contributed by atoms with van der Waals surface area (Å²) in [7, 11) is 0. The average molecular weight is 300 g/mol. The lowest BCUT2D eigenvalue weighted by Gasteiger charge is -2.14. The standard InChI is InChI=1S/C18H21FN2O/c1-11-7-13(3)18(14(4)8-11)21-17(22)10-20-16-6-5-15(19)9-12(16)2/h5-9,20H,10H2,1-4H3,(H,21,22). The first-order valence-electron chi connectivity index (χ1n) is 7.24. The first kappa shape index (κ1) is 16.0. The van der Waals surface area contributed by atoms with E-state index in [0.29, 0.717) is 0 Å². The molecule has 0 atom stereocenters. The maximum Gasteiger partial charge on any atom is 0.243 e. The smallest absolute Gasteiger partial charge is 0.243 e. The Morgan fingerprint density at radius 2 is 1.64 bits per heavy atom. The van der Waals surface area contributed by atoms with Gasteiger partial charge in [-0.15, -0.1) is 0 Å². The summed E-state index contributed by atoms with van der Waals surface area (Å²) in [4.78, 5) is 12.1. The first-order chi connectivity index (χ1) is 10.4. The van der Waals surface area contributed by atoms with Gasteiger partial charge in [-0.25, -0.2) is 4.39 Å². The number of anilines is 2. The predicted molar refractivity (Wildman–Crippen MR) is 88.9 cm³/mol. The zero-order valence-electron chi connectivity index (χ0n) is 13.4. The molecule has 0 aliphatic carbocycles. The lowest BCUT2D eigenvalue weighted by Crippen LogP contribution is -2.23. The van der Waals surface area contributed by atoms with E-state index in [0.717, 1.165) is 28.1 Å². The Labute approximate surface area is 130 Å². The number of nitrogens with one attached hydrogen (secondary N) is 2. The molecule has 22 heavy (non-hydrogen) atoms. The molecule has 0 aliphatic rings. The molecule has 2 N–H and O–H groups in total. The summed E-state index contributed by atoms with van der Waals surface area (Å²) < 4.78 is 13.0. The second-order valence-corrected chi connectivity index (χ2v) is 5.63. The van der Waals surface area contributed by atoms with Gasteiger partial charge in [0.1, 0.15) is 5.82 Å². The van der Waals surface area contributed by atoms with Crippen LogP contribution in [0, 0.1) is 33.5 Å². The molecule has 0 bridgehead atoms. The van der Waals surface area contributed by atoms with Crippen LogP contribution in [-0.4, -0.2) is 12.5 Å². The monoisotopic (exact) mass is 300 g/mol. The van der Waals surface area contributed by atoms with Crippen molar-refractivity contribution in [2.24, 2.45) is 0 Å². The quantitative estimate of drug-likeness (QED) is 0.892. The minimum Gasteiger partial charge on any atom is -0.376 e. The number of aryl methyl sites for hydroxylation is 4. The maximum absolute atomic E-state index is 13.0. The maximum atomic E-state index is 13.0. The molecule has 0 spiro atoms. The van der Waals surface area contributed by atoms with Gasteiger partial charge in [-0.2, -0.15) is 0 Å². The topological polar surface area (TPSA) is 41.1 Å². The molecule has 2 rings (SSSR count). The van der Waals surface area contributed by atoms with Gasteiger partial charge >= 0.3 is 0 Å². The number of halogens is 1. The van der Waals surface area contributed by atoms with Crippen LogP contribution in [0.25, 0.3) is 0 Å². The molecule has 2 aromatic carbocycles. The summed E-state index contributed by atoms with van der Waals surface area (Å²) in [5.41, 5.74) is 5.65.